The molecule has 2 amide bonds. The van der Waals surface area contributed by atoms with Crippen LogP contribution >= 0.6 is 0 Å². The number of amides is 2. The van der Waals surface area contributed by atoms with Crippen LogP contribution in [0, 0.1) is 13.8 Å². The van der Waals surface area contributed by atoms with Gasteiger partial charge in [0.05, 0.1) is 22.6 Å². The molecular weight excluding hydrogens is 476 g/mol. The molecule has 1 radical (unpaired) electrons. The molecule has 32 heavy (non-hydrogen) atoms. The van der Waals surface area contributed by atoms with E-state index in [2.05, 4.69) is 10.2 Å². The first-order valence-electron chi connectivity index (χ1n) is 8.80. The first-order valence-corrected chi connectivity index (χ1v) is 8.80. The van der Waals surface area contributed by atoms with Crippen molar-refractivity contribution in [1.82, 2.24) is 10.9 Å². The minimum atomic E-state index is -0.902. The predicted octanol–water partition coefficient (Wildman–Crippen LogP) is -0.875. The monoisotopic (exact) mass is 493 g/mol. The Hall–Kier alpha value is -3.70. The van der Waals surface area contributed by atoms with Gasteiger partial charge in [-0.1, -0.05) is 11.5 Å². The Morgan fingerprint density at radius 3 is 1.50 bits per heavy atom. The van der Waals surface area contributed by atoms with Crippen molar-refractivity contribution in [3.05, 3.63) is 55.6 Å². The van der Waals surface area contributed by atoms with Crippen molar-refractivity contribution < 1.29 is 45.7 Å². The summed E-state index contributed by atoms with van der Waals surface area (Å²) < 4.78 is 9.63. The van der Waals surface area contributed by atoms with Gasteiger partial charge in [0.2, 0.25) is 11.8 Å². The average Bonchev–Trinajstić information content (AvgIpc) is 2.63. The molecule has 0 bridgehead atoms. The van der Waals surface area contributed by atoms with Gasteiger partial charge in [0.1, 0.15) is 17.9 Å². The molecule has 0 aliphatic carbocycles. The van der Waals surface area contributed by atoms with Crippen LogP contribution in [0.5, 0.6) is 11.5 Å². The summed E-state index contributed by atoms with van der Waals surface area (Å²) >= 11 is 0. The first-order chi connectivity index (χ1) is 14.5. The summed E-state index contributed by atoms with van der Waals surface area (Å²) in [5, 5.41) is 31.0. The van der Waals surface area contributed by atoms with Crippen molar-refractivity contribution in [1.29, 1.82) is 0 Å². The first kappa shape index (κ1) is 26.3. The number of nitrogens with zero attached hydrogens (tertiary/aromatic N) is 2. The van der Waals surface area contributed by atoms with E-state index in [-0.39, 0.29) is 51.1 Å². The van der Waals surface area contributed by atoms with Gasteiger partial charge in [-0.15, -0.1) is 0 Å². The van der Waals surface area contributed by atoms with Gasteiger partial charge < -0.3 is 19.0 Å². The summed E-state index contributed by atoms with van der Waals surface area (Å²) in [6, 6.07) is 2.21. The van der Waals surface area contributed by atoms with Crippen molar-refractivity contribution in [3.8, 4) is 11.5 Å². The number of hydrogen-bond acceptors (Lipinski definition) is 10. The van der Waals surface area contributed by atoms with Gasteiger partial charge in [-0.3, -0.25) is 9.59 Å². The fraction of sp³-hybridized carbons (Fsp3) is 0.263. The molecule has 2 rings (SSSR count). The van der Waals surface area contributed by atoms with E-state index < -0.39 is 41.0 Å². The summed E-state index contributed by atoms with van der Waals surface area (Å²) in [6.45, 7) is 5.50. The topological polar surface area (TPSA) is 189 Å². The molecule has 0 saturated carbocycles. The van der Waals surface area contributed by atoms with Crippen LogP contribution in [0.2, 0.25) is 0 Å². The fourth-order valence-electron chi connectivity index (χ4n) is 2.45. The zero-order valence-electron chi connectivity index (χ0n) is 17.3. The van der Waals surface area contributed by atoms with Crippen molar-refractivity contribution in [2.75, 3.05) is 0 Å². The van der Waals surface area contributed by atoms with Crippen LogP contribution in [0.15, 0.2) is 40.8 Å². The van der Waals surface area contributed by atoms with Gasteiger partial charge in [0.15, 0.2) is 0 Å². The van der Waals surface area contributed by atoms with E-state index in [9.17, 15) is 29.4 Å². The maximum Gasteiger partial charge on any atom is 2.00 e. The van der Waals surface area contributed by atoms with E-state index >= 15 is 0 Å². The third kappa shape index (κ3) is 6.65. The van der Waals surface area contributed by atoms with Crippen LogP contribution in [-0.4, -0.2) is 23.2 Å². The van der Waals surface area contributed by atoms with E-state index in [1.165, 1.54) is 27.7 Å². The van der Waals surface area contributed by atoms with Crippen LogP contribution in [-0.2, 0) is 26.7 Å². The van der Waals surface area contributed by atoms with E-state index in [1.807, 2.05) is 10.9 Å². The van der Waals surface area contributed by atoms with Crippen LogP contribution in [0.1, 0.15) is 42.9 Å². The molecule has 0 aliphatic heterocycles. The normalized spacial score (nSPS) is 11.5. The third-order valence-electron chi connectivity index (χ3n) is 3.82. The van der Waals surface area contributed by atoms with E-state index in [1.54, 1.807) is 0 Å². The Labute approximate surface area is 191 Å². The maximum atomic E-state index is 11.9. The maximum absolute atomic E-state index is 11.9. The molecule has 0 spiro atoms. The largest absolute Gasteiger partial charge is 2.00 e. The summed E-state index contributed by atoms with van der Waals surface area (Å²) in [5.74, 6) is -2.71. The number of aryl methyl sites for hydroxylation is 2. The zero-order chi connectivity index (χ0) is 23.3. The molecule has 2 heterocycles. The minimum Gasteiger partial charge on any atom is -0.872 e. The Balaban J connectivity index is 0.00000512. The quantitative estimate of drug-likeness (QED) is 0.224. The molecular formula is C19H18CuN4O8. The third-order valence-corrected chi connectivity index (χ3v) is 3.82. The smallest absolute Gasteiger partial charge is 0.872 e. The van der Waals surface area contributed by atoms with Crippen LogP contribution < -0.4 is 32.3 Å². The number of carbonyl (C=O) groups excluding carboxylic acids is 2. The van der Waals surface area contributed by atoms with E-state index in [0.717, 1.165) is 12.1 Å². The second-order valence-corrected chi connectivity index (χ2v) is 6.41. The summed E-state index contributed by atoms with van der Waals surface area (Å²) in [5.41, 5.74) is 1.36. The number of hydrazone groups is 2. The fourth-order valence-corrected chi connectivity index (χ4v) is 2.45. The molecule has 2 aromatic heterocycles. The number of rotatable bonds is 6. The van der Waals surface area contributed by atoms with Gasteiger partial charge in [-0.2, -0.15) is 10.2 Å². The molecule has 0 fully saturated rings. The van der Waals surface area contributed by atoms with Gasteiger partial charge in [-0.05, 0) is 39.8 Å². The molecule has 0 unspecified atom stereocenters. The number of hydrogen-bond donors (Lipinski definition) is 2. The standard InChI is InChI=1S/C19H20N4O8.Cu/c1-8-5-12(24)16(18(28)30-8)10(3)20-22-14(26)7-15(27)23-21-11(4)17-13(25)6-9(2)31-19(17)29;/h5-6,24-25H,7H2,1-4H3,(H,22,26)(H,23,27);/q;+2/p-2/b20-10-,21-11+;. The van der Waals surface area contributed by atoms with Crippen LogP contribution in [0.25, 0.3) is 0 Å². The minimum absolute atomic E-state index is 0. The van der Waals surface area contributed by atoms with Crippen molar-refractivity contribution in [3.63, 3.8) is 0 Å². The second-order valence-electron chi connectivity index (χ2n) is 6.41. The molecule has 0 aromatic carbocycles. The summed E-state index contributed by atoms with van der Waals surface area (Å²) in [6.07, 6.45) is -0.715. The van der Waals surface area contributed by atoms with Gasteiger partial charge in [0.25, 0.3) is 0 Å². The molecule has 0 saturated heterocycles. The van der Waals surface area contributed by atoms with Gasteiger partial charge in [0, 0.05) is 0 Å². The second kappa shape index (κ2) is 11.1. The predicted molar refractivity (Wildman–Crippen MR) is 104 cm³/mol. The van der Waals surface area contributed by atoms with Gasteiger partial charge >= 0.3 is 28.3 Å². The molecule has 0 aliphatic rings. The summed E-state index contributed by atoms with van der Waals surface area (Å²) in [4.78, 5) is 47.2. The number of carbonyl (C=O) groups is 2. The zero-order valence-corrected chi connectivity index (χ0v) is 18.3. The van der Waals surface area contributed by atoms with Crippen LogP contribution in [0.4, 0.5) is 0 Å². The molecule has 173 valence electrons. The van der Waals surface area contributed by atoms with E-state index in [0.29, 0.717) is 0 Å². The van der Waals surface area contributed by atoms with Crippen molar-refractivity contribution >= 4 is 23.2 Å². The Kier molecular flexibility index (Phi) is 9.11. The Bertz CT molecular complexity index is 1120. The Morgan fingerprint density at radius 2 is 1.19 bits per heavy atom. The Morgan fingerprint density at radius 1 is 0.844 bits per heavy atom. The molecule has 12 nitrogen and oxygen atoms in total. The SMILES string of the molecule is C/C(=N/NC(=O)CC(=O)N/N=C(\C)c1c([O-])cc(C)oc1=O)c1c([O-])cc(C)oc1=O.[Cu+2]. The summed E-state index contributed by atoms with van der Waals surface area (Å²) in [7, 11) is 0. The van der Waals surface area contributed by atoms with Gasteiger partial charge in [-0.25, -0.2) is 20.4 Å². The van der Waals surface area contributed by atoms with Crippen molar-refractivity contribution in [2.24, 2.45) is 10.2 Å². The molecule has 13 heteroatoms. The van der Waals surface area contributed by atoms with E-state index in [4.69, 9.17) is 8.83 Å². The average molecular weight is 494 g/mol. The molecule has 2 N–H and O–H groups in total. The van der Waals surface area contributed by atoms with Crippen LogP contribution in [0.3, 0.4) is 0 Å². The number of nitrogens with one attached hydrogen (secondary N) is 2. The molecule has 0 atom stereocenters. The molecule has 2 aromatic rings. The van der Waals surface area contributed by atoms with Crippen molar-refractivity contribution in [2.45, 2.75) is 34.1 Å².